The van der Waals surface area contributed by atoms with E-state index < -0.39 is 0 Å². The van der Waals surface area contributed by atoms with Crippen LogP contribution in [0.2, 0.25) is 0 Å². The molecule has 16 heavy (non-hydrogen) atoms. The molecule has 1 nitrogen and oxygen atoms in total. The van der Waals surface area contributed by atoms with Crippen molar-refractivity contribution in [2.45, 2.75) is 32.7 Å². The van der Waals surface area contributed by atoms with Crippen molar-refractivity contribution in [1.82, 2.24) is 0 Å². The van der Waals surface area contributed by atoms with E-state index in [-0.39, 0.29) is 6.04 Å². The molecule has 0 aliphatic carbocycles. The Bertz CT molecular complexity index is 486. The predicted octanol–water partition coefficient (Wildman–Crippen LogP) is 3.43. The summed E-state index contributed by atoms with van der Waals surface area (Å²) in [5.74, 6) is 0. The number of nitrogens with two attached hydrogens (primary N) is 1. The van der Waals surface area contributed by atoms with Crippen LogP contribution in [0.3, 0.4) is 0 Å². The first kappa shape index (κ1) is 11.2. The zero-order chi connectivity index (χ0) is 11.5. The van der Waals surface area contributed by atoms with Crippen LogP contribution < -0.4 is 5.73 Å². The summed E-state index contributed by atoms with van der Waals surface area (Å²) in [6, 6.07) is 13.3. The van der Waals surface area contributed by atoms with Crippen molar-refractivity contribution in [3.05, 3.63) is 47.5 Å². The average Bonchev–Trinajstić information content (AvgIpc) is 2.28. The number of benzene rings is 2. The van der Waals surface area contributed by atoms with Crippen molar-refractivity contribution in [3.63, 3.8) is 0 Å². The molecule has 0 aromatic heterocycles. The molecular formula is C15H19N. The number of aryl methyl sites for hydroxylation is 2. The summed E-state index contributed by atoms with van der Waals surface area (Å²) in [4.78, 5) is 0. The third-order valence-electron chi connectivity index (χ3n) is 3.10. The zero-order valence-corrected chi connectivity index (χ0v) is 10.0. The Balaban J connectivity index is 2.42. The van der Waals surface area contributed by atoms with Crippen LogP contribution in [0.25, 0.3) is 10.8 Å². The Morgan fingerprint density at radius 2 is 1.75 bits per heavy atom. The first-order valence-corrected chi connectivity index (χ1v) is 5.91. The SMILES string of the molecule is Cc1ccc(CC[C@@H](C)N)c2ccccc12. The second-order valence-corrected chi connectivity index (χ2v) is 4.60. The number of fused-ring (bicyclic) bond motifs is 1. The van der Waals surface area contributed by atoms with Gasteiger partial charge in [-0.25, -0.2) is 0 Å². The third kappa shape index (κ3) is 2.25. The molecule has 1 heteroatoms. The van der Waals surface area contributed by atoms with Gasteiger partial charge in [0.15, 0.2) is 0 Å². The van der Waals surface area contributed by atoms with Gasteiger partial charge in [0.2, 0.25) is 0 Å². The standard InChI is InChI=1S/C15H19N/c1-11-7-9-13(10-8-12(2)16)15-6-4-3-5-14(11)15/h3-7,9,12H,8,10,16H2,1-2H3/t12-/m1/s1. The quantitative estimate of drug-likeness (QED) is 0.830. The van der Waals surface area contributed by atoms with E-state index in [0.29, 0.717) is 0 Å². The van der Waals surface area contributed by atoms with Crippen molar-refractivity contribution >= 4 is 10.8 Å². The average molecular weight is 213 g/mol. The first-order valence-electron chi connectivity index (χ1n) is 5.91. The zero-order valence-electron chi connectivity index (χ0n) is 10.0. The minimum absolute atomic E-state index is 0.278. The summed E-state index contributed by atoms with van der Waals surface area (Å²) in [5.41, 5.74) is 8.58. The molecule has 0 saturated heterocycles. The summed E-state index contributed by atoms with van der Waals surface area (Å²) in [7, 11) is 0. The highest BCUT2D eigenvalue weighted by Crippen LogP contribution is 2.23. The number of rotatable bonds is 3. The van der Waals surface area contributed by atoms with Gasteiger partial charge in [-0.3, -0.25) is 0 Å². The fourth-order valence-electron chi connectivity index (χ4n) is 2.11. The van der Waals surface area contributed by atoms with Gasteiger partial charge in [-0.2, -0.15) is 0 Å². The van der Waals surface area contributed by atoms with Crippen LogP contribution in [-0.2, 0) is 6.42 Å². The van der Waals surface area contributed by atoms with Gasteiger partial charge < -0.3 is 5.73 Å². The summed E-state index contributed by atoms with van der Waals surface area (Å²) < 4.78 is 0. The molecule has 1 atom stereocenters. The normalized spacial score (nSPS) is 12.9. The Morgan fingerprint density at radius 1 is 1.06 bits per heavy atom. The maximum Gasteiger partial charge on any atom is 0.00136 e. The van der Waals surface area contributed by atoms with E-state index in [1.165, 1.54) is 21.9 Å². The lowest BCUT2D eigenvalue weighted by Gasteiger charge is -2.10. The predicted molar refractivity (Wildman–Crippen MR) is 70.7 cm³/mol. The van der Waals surface area contributed by atoms with Crippen molar-refractivity contribution in [2.24, 2.45) is 5.73 Å². The molecule has 2 rings (SSSR count). The topological polar surface area (TPSA) is 26.0 Å². The lowest BCUT2D eigenvalue weighted by molar-refractivity contribution is 0.668. The van der Waals surface area contributed by atoms with Crippen molar-refractivity contribution in [2.75, 3.05) is 0 Å². The van der Waals surface area contributed by atoms with Gasteiger partial charge >= 0.3 is 0 Å². The molecule has 0 heterocycles. The molecule has 0 bridgehead atoms. The fourth-order valence-corrected chi connectivity index (χ4v) is 2.11. The molecule has 0 fully saturated rings. The lowest BCUT2D eigenvalue weighted by Crippen LogP contribution is -2.15. The minimum Gasteiger partial charge on any atom is -0.328 e. The van der Waals surface area contributed by atoms with Gasteiger partial charge in [-0.1, -0.05) is 36.4 Å². The van der Waals surface area contributed by atoms with Crippen LogP contribution in [0.1, 0.15) is 24.5 Å². The van der Waals surface area contributed by atoms with E-state index in [2.05, 4.69) is 50.2 Å². The van der Waals surface area contributed by atoms with E-state index in [0.717, 1.165) is 12.8 Å². The molecule has 2 aromatic rings. The smallest absolute Gasteiger partial charge is 0.00136 e. The minimum atomic E-state index is 0.278. The molecule has 0 spiro atoms. The maximum atomic E-state index is 5.81. The van der Waals surface area contributed by atoms with Crippen molar-refractivity contribution < 1.29 is 0 Å². The highest BCUT2D eigenvalue weighted by molar-refractivity contribution is 5.88. The summed E-state index contributed by atoms with van der Waals surface area (Å²) in [6.45, 7) is 4.23. The van der Waals surface area contributed by atoms with Gasteiger partial charge in [0.05, 0.1) is 0 Å². The van der Waals surface area contributed by atoms with E-state index in [9.17, 15) is 0 Å². The van der Waals surface area contributed by atoms with E-state index in [4.69, 9.17) is 5.73 Å². The second-order valence-electron chi connectivity index (χ2n) is 4.60. The van der Waals surface area contributed by atoms with Gasteiger partial charge in [-0.05, 0) is 48.6 Å². The van der Waals surface area contributed by atoms with Crippen LogP contribution in [-0.4, -0.2) is 6.04 Å². The summed E-state index contributed by atoms with van der Waals surface area (Å²) in [5, 5.41) is 2.74. The monoisotopic (exact) mass is 213 g/mol. The van der Waals surface area contributed by atoms with Crippen LogP contribution >= 0.6 is 0 Å². The first-order chi connectivity index (χ1) is 7.68. The molecule has 0 saturated carbocycles. The fraction of sp³-hybridized carbons (Fsp3) is 0.333. The molecule has 0 unspecified atom stereocenters. The molecule has 2 N–H and O–H groups in total. The van der Waals surface area contributed by atoms with Crippen LogP contribution in [0.4, 0.5) is 0 Å². The largest absolute Gasteiger partial charge is 0.328 e. The molecule has 84 valence electrons. The summed E-state index contributed by atoms with van der Waals surface area (Å²) >= 11 is 0. The van der Waals surface area contributed by atoms with Crippen molar-refractivity contribution in [3.8, 4) is 0 Å². The van der Waals surface area contributed by atoms with Crippen LogP contribution in [0.15, 0.2) is 36.4 Å². The Hall–Kier alpha value is -1.34. The lowest BCUT2D eigenvalue weighted by atomic mass is 9.96. The van der Waals surface area contributed by atoms with Gasteiger partial charge in [0, 0.05) is 6.04 Å². The molecule has 0 aliphatic rings. The molecule has 0 amide bonds. The highest BCUT2D eigenvalue weighted by atomic mass is 14.6. The van der Waals surface area contributed by atoms with Crippen molar-refractivity contribution in [1.29, 1.82) is 0 Å². The highest BCUT2D eigenvalue weighted by Gasteiger charge is 2.03. The Morgan fingerprint density at radius 3 is 2.44 bits per heavy atom. The molecule has 0 radical (unpaired) electrons. The molecule has 0 aliphatic heterocycles. The maximum absolute atomic E-state index is 5.81. The van der Waals surface area contributed by atoms with E-state index in [1.807, 2.05) is 0 Å². The number of hydrogen-bond acceptors (Lipinski definition) is 1. The number of hydrogen-bond donors (Lipinski definition) is 1. The molecular weight excluding hydrogens is 194 g/mol. The van der Waals surface area contributed by atoms with Gasteiger partial charge in [-0.15, -0.1) is 0 Å². The van der Waals surface area contributed by atoms with Gasteiger partial charge in [0.1, 0.15) is 0 Å². The Kier molecular flexibility index (Phi) is 3.25. The van der Waals surface area contributed by atoms with Crippen LogP contribution in [0, 0.1) is 6.92 Å². The second kappa shape index (κ2) is 4.67. The molecule has 2 aromatic carbocycles. The van der Waals surface area contributed by atoms with Gasteiger partial charge in [0.25, 0.3) is 0 Å². The van der Waals surface area contributed by atoms with Crippen LogP contribution in [0.5, 0.6) is 0 Å². The summed E-state index contributed by atoms with van der Waals surface area (Å²) in [6.07, 6.45) is 2.12. The third-order valence-corrected chi connectivity index (χ3v) is 3.10. The Labute approximate surface area is 97.3 Å². The van der Waals surface area contributed by atoms with E-state index >= 15 is 0 Å². The van der Waals surface area contributed by atoms with E-state index in [1.54, 1.807) is 0 Å².